The fourth-order valence-corrected chi connectivity index (χ4v) is 2.43. The summed E-state index contributed by atoms with van der Waals surface area (Å²) in [7, 11) is 1.50. The normalized spacial score (nSPS) is 10.4. The van der Waals surface area contributed by atoms with Crippen molar-refractivity contribution in [1.29, 1.82) is 0 Å². The van der Waals surface area contributed by atoms with Gasteiger partial charge in [0.2, 0.25) is 0 Å². The molecule has 0 saturated heterocycles. The van der Waals surface area contributed by atoms with Crippen molar-refractivity contribution in [2.75, 3.05) is 7.11 Å². The molecule has 1 aromatic carbocycles. The highest BCUT2D eigenvalue weighted by atomic mass is 35.5. The molecule has 122 valence electrons. The van der Waals surface area contributed by atoms with E-state index in [2.05, 4.69) is 15.3 Å². The number of nitrogens with one attached hydrogen (secondary N) is 1. The molecule has 2 aromatic heterocycles. The summed E-state index contributed by atoms with van der Waals surface area (Å²) in [6.45, 7) is 0.211. The van der Waals surface area contributed by atoms with Crippen molar-refractivity contribution < 1.29 is 13.9 Å². The minimum atomic E-state index is -0.307. The van der Waals surface area contributed by atoms with Crippen molar-refractivity contribution in [2.45, 2.75) is 6.54 Å². The Morgan fingerprint density at radius 3 is 2.88 bits per heavy atom. The number of ether oxygens (including phenoxy) is 1. The van der Waals surface area contributed by atoms with Gasteiger partial charge in [-0.05, 0) is 24.3 Å². The Hall–Kier alpha value is -2.86. The van der Waals surface area contributed by atoms with Gasteiger partial charge in [-0.3, -0.25) is 14.8 Å². The first-order chi connectivity index (χ1) is 11.7. The van der Waals surface area contributed by atoms with Crippen molar-refractivity contribution in [3.63, 3.8) is 0 Å². The van der Waals surface area contributed by atoms with E-state index in [9.17, 15) is 4.79 Å². The highest BCUT2D eigenvalue weighted by Gasteiger charge is 2.15. The number of rotatable bonds is 5. The van der Waals surface area contributed by atoms with Gasteiger partial charge in [-0.2, -0.15) is 0 Å². The standard InChI is InChI=1S/C17H14ClN3O3/c1-23-15-3-2-12(18)8-13(15)17(22)21-9-14-16(20-6-5-19-14)11-4-7-24-10-11/h2-8,10H,9H2,1H3,(H,21,22). The smallest absolute Gasteiger partial charge is 0.255 e. The van der Waals surface area contributed by atoms with Crippen LogP contribution in [0.3, 0.4) is 0 Å². The number of hydrogen-bond donors (Lipinski definition) is 1. The van der Waals surface area contributed by atoms with E-state index in [4.69, 9.17) is 20.8 Å². The summed E-state index contributed by atoms with van der Waals surface area (Å²) in [5.41, 5.74) is 2.45. The number of nitrogens with zero attached hydrogens (tertiary/aromatic N) is 2. The highest BCUT2D eigenvalue weighted by Crippen LogP contribution is 2.23. The Morgan fingerprint density at radius 1 is 1.29 bits per heavy atom. The Morgan fingerprint density at radius 2 is 2.12 bits per heavy atom. The van der Waals surface area contributed by atoms with Crippen LogP contribution in [0.1, 0.15) is 16.1 Å². The van der Waals surface area contributed by atoms with E-state index in [-0.39, 0.29) is 12.5 Å². The Balaban J connectivity index is 1.80. The fourth-order valence-electron chi connectivity index (χ4n) is 2.25. The summed E-state index contributed by atoms with van der Waals surface area (Å²) in [6.07, 6.45) is 6.30. The Kier molecular flexibility index (Phi) is 4.77. The lowest BCUT2D eigenvalue weighted by atomic mass is 10.1. The van der Waals surface area contributed by atoms with Gasteiger partial charge in [0.05, 0.1) is 43.1 Å². The van der Waals surface area contributed by atoms with Crippen LogP contribution in [0, 0.1) is 0 Å². The quantitative estimate of drug-likeness (QED) is 0.768. The van der Waals surface area contributed by atoms with Gasteiger partial charge in [0, 0.05) is 23.0 Å². The molecule has 0 fully saturated rings. The first kappa shape index (κ1) is 16.0. The highest BCUT2D eigenvalue weighted by molar-refractivity contribution is 6.31. The number of halogens is 1. The molecule has 0 aliphatic rings. The number of carbonyl (C=O) groups is 1. The van der Waals surface area contributed by atoms with Crippen molar-refractivity contribution in [3.05, 3.63) is 65.5 Å². The second-order valence-electron chi connectivity index (χ2n) is 4.89. The summed E-state index contributed by atoms with van der Waals surface area (Å²) < 4.78 is 10.3. The lowest BCUT2D eigenvalue weighted by Gasteiger charge is -2.10. The average Bonchev–Trinajstić information content (AvgIpc) is 3.14. The molecule has 7 heteroatoms. The van der Waals surface area contributed by atoms with Crippen molar-refractivity contribution in [3.8, 4) is 17.0 Å². The molecular formula is C17H14ClN3O3. The zero-order valence-corrected chi connectivity index (χ0v) is 13.6. The van der Waals surface area contributed by atoms with Crippen LogP contribution < -0.4 is 10.1 Å². The molecule has 1 N–H and O–H groups in total. The Bertz CT molecular complexity index is 850. The predicted octanol–water partition coefficient (Wildman–Crippen LogP) is 3.33. The summed E-state index contributed by atoms with van der Waals surface area (Å²) in [6, 6.07) is 6.66. The number of furan rings is 1. The van der Waals surface area contributed by atoms with Crippen LogP contribution in [-0.4, -0.2) is 23.0 Å². The van der Waals surface area contributed by atoms with Crippen LogP contribution in [0.5, 0.6) is 5.75 Å². The number of hydrogen-bond acceptors (Lipinski definition) is 5. The van der Waals surface area contributed by atoms with Gasteiger partial charge in [0.15, 0.2) is 0 Å². The van der Waals surface area contributed by atoms with Crippen molar-refractivity contribution in [1.82, 2.24) is 15.3 Å². The summed E-state index contributed by atoms with van der Waals surface area (Å²) in [5, 5.41) is 3.27. The summed E-state index contributed by atoms with van der Waals surface area (Å²) >= 11 is 5.96. The maximum absolute atomic E-state index is 12.4. The molecule has 3 aromatic rings. The van der Waals surface area contributed by atoms with Crippen LogP contribution >= 0.6 is 11.6 Å². The fraction of sp³-hybridized carbons (Fsp3) is 0.118. The predicted molar refractivity (Wildman–Crippen MR) is 88.9 cm³/mol. The summed E-state index contributed by atoms with van der Waals surface area (Å²) in [4.78, 5) is 21.0. The SMILES string of the molecule is COc1ccc(Cl)cc1C(=O)NCc1nccnc1-c1ccoc1. The van der Waals surface area contributed by atoms with Crippen molar-refractivity contribution in [2.24, 2.45) is 0 Å². The Labute approximate surface area is 143 Å². The van der Waals surface area contributed by atoms with Crippen LogP contribution in [-0.2, 0) is 6.54 Å². The molecule has 0 spiro atoms. The van der Waals surface area contributed by atoms with Crippen LogP contribution in [0.4, 0.5) is 0 Å². The monoisotopic (exact) mass is 343 g/mol. The lowest BCUT2D eigenvalue weighted by Crippen LogP contribution is -2.24. The molecule has 2 heterocycles. The van der Waals surface area contributed by atoms with E-state index in [1.165, 1.54) is 7.11 Å². The largest absolute Gasteiger partial charge is 0.496 e. The van der Waals surface area contributed by atoms with E-state index in [0.717, 1.165) is 5.56 Å². The summed E-state index contributed by atoms with van der Waals surface area (Å²) in [5.74, 6) is 0.143. The molecule has 0 bridgehead atoms. The third kappa shape index (κ3) is 3.38. The molecule has 0 atom stereocenters. The third-order valence-electron chi connectivity index (χ3n) is 3.39. The lowest BCUT2D eigenvalue weighted by molar-refractivity contribution is 0.0947. The number of carbonyl (C=O) groups excluding carboxylic acids is 1. The van der Waals surface area contributed by atoms with Gasteiger partial charge < -0.3 is 14.5 Å². The van der Waals surface area contributed by atoms with Gasteiger partial charge in [-0.15, -0.1) is 0 Å². The van der Waals surface area contributed by atoms with Crippen LogP contribution in [0.15, 0.2) is 53.6 Å². The number of benzene rings is 1. The topological polar surface area (TPSA) is 77.2 Å². The first-order valence-corrected chi connectivity index (χ1v) is 7.51. The minimum Gasteiger partial charge on any atom is -0.496 e. The molecule has 6 nitrogen and oxygen atoms in total. The molecule has 0 aliphatic heterocycles. The van der Waals surface area contributed by atoms with Crippen LogP contribution in [0.25, 0.3) is 11.3 Å². The second kappa shape index (κ2) is 7.14. The molecule has 0 saturated carbocycles. The average molecular weight is 344 g/mol. The van der Waals surface area contributed by atoms with Gasteiger partial charge in [0.25, 0.3) is 5.91 Å². The number of aromatic nitrogens is 2. The van der Waals surface area contributed by atoms with E-state index in [1.807, 2.05) is 0 Å². The molecule has 3 rings (SSSR count). The molecule has 0 unspecified atom stereocenters. The molecular weight excluding hydrogens is 330 g/mol. The van der Waals surface area contributed by atoms with Gasteiger partial charge in [-0.1, -0.05) is 11.6 Å². The van der Waals surface area contributed by atoms with E-state index < -0.39 is 0 Å². The van der Waals surface area contributed by atoms with Crippen molar-refractivity contribution >= 4 is 17.5 Å². The zero-order chi connectivity index (χ0) is 16.9. The maximum Gasteiger partial charge on any atom is 0.255 e. The van der Waals surface area contributed by atoms with Gasteiger partial charge >= 0.3 is 0 Å². The molecule has 1 amide bonds. The molecule has 24 heavy (non-hydrogen) atoms. The second-order valence-corrected chi connectivity index (χ2v) is 5.33. The van der Waals surface area contributed by atoms with E-state index >= 15 is 0 Å². The number of amides is 1. The van der Waals surface area contributed by atoms with Gasteiger partial charge in [-0.25, -0.2) is 0 Å². The van der Waals surface area contributed by atoms with Crippen LogP contribution in [0.2, 0.25) is 5.02 Å². The molecule has 0 radical (unpaired) electrons. The minimum absolute atomic E-state index is 0.211. The number of methoxy groups -OCH3 is 1. The zero-order valence-electron chi connectivity index (χ0n) is 12.8. The van der Waals surface area contributed by atoms with E-state index in [0.29, 0.717) is 27.7 Å². The van der Waals surface area contributed by atoms with Gasteiger partial charge in [0.1, 0.15) is 5.75 Å². The van der Waals surface area contributed by atoms with E-state index in [1.54, 1.807) is 49.2 Å². The molecule has 0 aliphatic carbocycles. The maximum atomic E-state index is 12.4. The third-order valence-corrected chi connectivity index (χ3v) is 3.63. The first-order valence-electron chi connectivity index (χ1n) is 7.13.